The van der Waals surface area contributed by atoms with Crippen molar-refractivity contribution in [3.63, 3.8) is 0 Å². The molecule has 0 aliphatic carbocycles. The summed E-state index contributed by atoms with van der Waals surface area (Å²) < 4.78 is 11.5. The van der Waals surface area contributed by atoms with Crippen LogP contribution in [-0.4, -0.2) is 60.3 Å². The molecule has 3 fully saturated rings. The number of nitrogens with one attached hydrogen (secondary N) is 1. The van der Waals surface area contributed by atoms with E-state index in [1.807, 2.05) is 12.1 Å². The van der Waals surface area contributed by atoms with Crippen LogP contribution in [0.2, 0.25) is 0 Å². The van der Waals surface area contributed by atoms with Gasteiger partial charge in [0.25, 0.3) is 0 Å². The summed E-state index contributed by atoms with van der Waals surface area (Å²) in [7, 11) is 0. The van der Waals surface area contributed by atoms with Crippen LogP contribution in [0.5, 0.6) is 0 Å². The Morgan fingerprint density at radius 3 is 3.00 bits per heavy atom. The lowest BCUT2D eigenvalue weighted by molar-refractivity contribution is -0.132. The van der Waals surface area contributed by atoms with Gasteiger partial charge in [-0.15, -0.1) is 0 Å². The molecule has 0 saturated carbocycles. The Morgan fingerprint density at radius 2 is 2.20 bits per heavy atom. The van der Waals surface area contributed by atoms with Crippen LogP contribution < -0.4 is 5.32 Å². The lowest BCUT2D eigenvalue weighted by Crippen LogP contribution is -2.39. The average Bonchev–Trinajstić information content (AvgIpc) is 3.24. The Morgan fingerprint density at radius 1 is 1.32 bits per heavy atom. The molecule has 0 bridgehead atoms. The monoisotopic (exact) mass is 345 g/mol. The molecule has 3 aliphatic heterocycles. The first-order valence-corrected chi connectivity index (χ1v) is 9.43. The highest BCUT2D eigenvalue weighted by Crippen LogP contribution is 2.34. The summed E-state index contributed by atoms with van der Waals surface area (Å²) in [4.78, 5) is 19.1. The fourth-order valence-corrected chi connectivity index (χ4v) is 4.29. The van der Waals surface area contributed by atoms with Crippen LogP contribution >= 0.6 is 0 Å². The van der Waals surface area contributed by atoms with Crippen molar-refractivity contribution in [3.8, 4) is 0 Å². The summed E-state index contributed by atoms with van der Waals surface area (Å²) in [5.74, 6) is 0.732. The summed E-state index contributed by atoms with van der Waals surface area (Å²) in [5, 5.41) is 2.99. The third kappa shape index (κ3) is 4.02. The SMILES string of the molecule is O=C(NCc1cccnc1)[C@@H]1C[C@H]2[C@H](CCN2CC2CCOCC2)O1. The van der Waals surface area contributed by atoms with Crippen LogP contribution in [0.4, 0.5) is 0 Å². The van der Waals surface area contributed by atoms with Gasteiger partial charge < -0.3 is 14.8 Å². The molecule has 4 rings (SSSR count). The predicted octanol–water partition coefficient (Wildman–Crippen LogP) is 1.36. The van der Waals surface area contributed by atoms with Gasteiger partial charge in [0.15, 0.2) is 0 Å². The van der Waals surface area contributed by atoms with Gasteiger partial charge in [0.05, 0.1) is 6.10 Å². The zero-order chi connectivity index (χ0) is 17.1. The van der Waals surface area contributed by atoms with Gasteiger partial charge in [-0.2, -0.15) is 0 Å². The minimum Gasteiger partial charge on any atom is -0.381 e. The molecule has 6 heteroatoms. The third-order valence-corrected chi connectivity index (χ3v) is 5.71. The molecule has 3 saturated heterocycles. The summed E-state index contributed by atoms with van der Waals surface area (Å²) in [6, 6.07) is 4.25. The predicted molar refractivity (Wildman–Crippen MR) is 92.9 cm³/mol. The molecule has 0 unspecified atom stereocenters. The van der Waals surface area contributed by atoms with Crippen LogP contribution in [0.15, 0.2) is 24.5 Å². The smallest absolute Gasteiger partial charge is 0.249 e. The van der Waals surface area contributed by atoms with Crippen molar-refractivity contribution in [1.29, 1.82) is 0 Å². The quantitative estimate of drug-likeness (QED) is 0.873. The van der Waals surface area contributed by atoms with Gasteiger partial charge in [0, 0.05) is 57.7 Å². The van der Waals surface area contributed by atoms with E-state index in [1.54, 1.807) is 12.4 Å². The molecule has 3 aliphatic rings. The summed E-state index contributed by atoms with van der Waals surface area (Å²) in [5.41, 5.74) is 1.01. The molecule has 0 aromatic carbocycles. The van der Waals surface area contributed by atoms with Crippen LogP contribution in [0.1, 0.15) is 31.2 Å². The number of carbonyl (C=O) groups is 1. The van der Waals surface area contributed by atoms with Crippen LogP contribution in [0.25, 0.3) is 0 Å². The van der Waals surface area contributed by atoms with Crippen molar-refractivity contribution < 1.29 is 14.3 Å². The second-order valence-corrected chi connectivity index (χ2v) is 7.38. The molecule has 136 valence electrons. The maximum atomic E-state index is 12.5. The van der Waals surface area contributed by atoms with E-state index in [2.05, 4.69) is 15.2 Å². The van der Waals surface area contributed by atoms with Crippen LogP contribution in [0.3, 0.4) is 0 Å². The van der Waals surface area contributed by atoms with Crippen molar-refractivity contribution in [2.45, 2.75) is 50.5 Å². The van der Waals surface area contributed by atoms with E-state index >= 15 is 0 Å². The largest absolute Gasteiger partial charge is 0.381 e. The Hall–Kier alpha value is -1.50. The van der Waals surface area contributed by atoms with Gasteiger partial charge in [-0.25, -0.2) is 0 Å². The number of hydrogen-bond acceptors (Lipinski definition) is 5. The zero-order valence-corrected chi connectivity index (χ0v) is 14.6. The second kappa shape index (κ2) is 7.81. The van der Waals surface area contributed by atoms with Crippen molar-refractivity contribution >= 4 is 5.91 Å². The number of aromatic nitrogens is 1. The van der Waals surface area contributed by atoms with E-state index in [-0.39, 0.29) is 18.1 Å². The summed E-state index contributed by atoms with van der Waals surface area (Å²) in [6.45, 7) is 4.51. The van der Waals surface area contributed by atoms with Crippen molar-refractivity contribution in [2.75, 3.05) is 26.3 Å². The van der Waals surface area contributed by atoms with Gasteiger partial charge in [-0.3, -0.25) is 14.7 Å². The number of hydrogen-bond donors (Lipinski definition) is 1. The number of carbonyl (C=O) groups excluding carboxylic acids is 1. The molecular formula is C19H27N3O3. The molecule has 1 amide bonds. The minimum absolute atomic E-state index is 0.00395. The van der Waals surface area contributed by atoms with Crippen molar-refractivity contribution in [2.24, 2.45) is 5.92 Å². The molecule has 3 atom stereocenters. The topological polar surface area (TPSA) is 63.7 Å². The van der Waals surface area contributed by atoms with E-state index in [0.29, 0.717) is 12.6 Å². The first-order valence-electron chi connectivity index (χ1n) is 9.43. The normalized spacial score (nSPS) is 30.3. The number of nitrogens with zero attached hydrogens (tertiary/aromatic N) is 2. The molecular weight excluding hydrogens is 318 g/mol. The van der Waals surface area contributed by atoms with Crippen LogP contribution in [-0.2, 0) is 20.8 Å². The molecule has 1 aromatic rings. The summed E-state index contributed by atoms with van der Waals surface area (Å²) >= 11 is 0. The molecule has 0 spiro atoms. The highest BCUT2D eigenvalue weighted by molar-refractivity contribution is 5.81. The van der Waals surface area contributed by atoms with E-state index in [0.717, 1.165) is 63.5 Å². The van der Waals surface area contributed by atoms with Crippen molar-refractivity contribution in [3.05, 3.63) is 30.1 Å². The maximum Gasteiger partial charge on any atom is 0.249 e. The van der Waals surface area contributed by atoms with E-state index in [9.17, 15) is 4.79 Å². The molecule has 1 aromatic heterocycles. The number of pyridine rings is 1. The zero-order valence-electron chi connectivity index (χ0n) is 14.6. The summed E-state index contributed by atoms with van der Waals surface area (Å²) in [6.07, 6.45) is 7.58. The fourth-order valence-electron chi connectivity index (χ4n) is 4.29. The van der Waals surface area contributed by atoms with E-state index < -0.39 is 0 Å². The minimum atomic E-state index is -0.316. The fraction of sp³-hybridized carbons (Fsp3) is 0.684. The van der Waals surface area contributed by atoms with Gasteiger partial charge in [0.1, 0.15) is 6.10 Å². The first-order chi connectivity index (χ1) is 12.3. The van der Waals surface area contributed by atoms with E-state index in [4.69, 9.17) is 9.47 Å². The Bertz CT molecular complexity index is 577. The number of likely N-dealkylation sites (tertiary alicyclic amines) is 1. The molecule has 1 N–H and O–H groups in total. The number of ether oxygens (including phenoxy) is 2. The number of rotatable bonds is 5. The standard InChI is InChI=1S/C19H27N3O3/c23-19(21-12-15-2-1-6-20-11-15)18-10-16-17(25-18)3-7-22(16)13-14-4-8-24-9-5-14/h1-2,6,11,14,16-18H,3-5,7-10,12-13H2,(H,21,23)/t16-,17-,18-/m0/s1. The lowest BCUT2D eigenvalue weighted by Gasteiger charge is -2.30. The van der Waals surface area contributed by atoms with Gasteiger partial charge in [-0.05, 0) is 36.8 Å². The van der Waals surface area contributed by atoms with Gasteiger partial charge >= 0.3 is 0 Å². The molecule has 0 radical (unpaired) electrons. The number of fused-ring (bicyclic) bond motifs is 1. The highest BCUT2D eigenvalue weighted by Gasteiger charge is 2.45. The molecule has 6 nitrogen and oxygen atoms in total. The molecule has 4 heterocycles. The highest BCUT2D eigenvalue weighted by atomic mass is 16.5. The first kappa shape index (κ1) is 16.9. The average molecular weight is 345 g/mol. The third-order valence-electron chi connectivity index (χ3n) is 5.71. The lowest BCUT2D eigenvalue weighted by atomic mass is 9.99. The Balaban J connectivity index is 1.27. The Kier molecular flexibility index (Phi) is 5.29. The number of amides is 1. The van der Waals surface area contributed by atoms with Crippen molar-refractivity contribution in [1.82, 2.24) is 15.2 Å². The van der Waals surface area contributed by atoms with Crippen LogP contribution in [0, 0.1) is 5.92 Å². The maximum absolute atomic E-state index is 12.5. The molecule has 25 heavy (non-hydrogen) atoms. The van der Waals surface area contributed by atoms with E-state index in [1.165, 1.54) is 0 Å². The second-order valence-electron chi connectivity index (χ2n) is 7.38. The van der Waals surface area contributed by atoms with Gasteiger partial charge in [0.2, 0.25) is 5.91 Å². The Labute approximate surface area is 148 Å². The van der Waals surface area contributed by atoms with Gasteiger partial charge in [-0.1, -0.05) is 6.07 Å².